The highest BCUT2D eigenvalue weighted by molar-refractivity contribution is 5.91. The summed E-state index contributed by atoms with van der Waals surface area (Å²) >= 11 is 0. The number of morpholine rings is 1. The molecule has 0 bridgehead atoms. The predicted molar refractivity (Wildman–Crippen MR) is 127 cm³/mol. The van der Waals surface area contributed by atoms with Gasteiger partial charge in [0.25, 0.3) is 0 Å². The van der Waals surface area contributed by atoms with Gasteiger partial charge in [-0.25, -0.2) is 9.48 Å². The van der Waals surface area contributed by atoms with E-state index in [2.05, 4.69) is 31.0 Å². The molecule has 0 saturated carbocycles. The molecule has 178 valence electrons. The van der Waals surface area contributed by atoms with E-state index in [9.17, 15) is 9.59 Å². The normalized spacial score (nSPS) is 17.8. The molecule has 33 heavy (non-hydrogen) atoms. The first-order valence-electron chi connectivity index (χ1n) is 11.6. The van der Waals surface area contributed by atoms with Crippen molar-refractivity contribution >= 4 is 17.8 Å². The van der Waals surface area contributed by atoms with Crippen molar-refractivity contribution in [2.24, 2.45) is 0 Å². The fourth-order valence-electron chi connectivity index (χ4n) is 4.04. The molecule has 2 aliphatic heterocycles. The molecular weight excluding hydrogens is 420 g/mol. The third-order valence-electron chi connectivity index (χ3n) is 6.04. The molecule has 0 unspecified atom stereocenters. The van der Waals surface area contributed by atoms with Crippen LogP contribution in [0.5, 0.6) is 0 Å². The predicted octanol–water partition coefficient (Wildman–Crippen LogP) is 2.18. The second-order valence-electron chi connectivity index (χ2n) is 9.61. The third-order valence-corrected chi connectivity index (χ3v) is 6.04. The third kappa shape index (κ3) is 5.72. The van der Waals surface area contributed by atoms with Crippen LogP contribution in [-0.2, 0) is 14.9 Å². The van der Waals surface area contributed by atoms with E-state index >= 15 is 0 Å². The van der Waals surface area contributed by atoms with Crippen LogP contribution in [0.3, 0.4) is 0 Å². The van der Waals surface area contributed by atoms with Gasteiger partial charge in [0.15, 0.2) is 0 Å². The smallest absolute Gasteiger partial charge is 0.320 e. The minimum atomic E-state index is -0.136. The summed E-state index contributed by atoms with van der Waals surface area (Å²) < 4.78 is 7.12. The van der Waals surface area contributed by atoms with Crippen molar-refractivity contribution < 1.29 is 14.3 Å². The number of nitrogens with zero attached hydrogens (tertiary/aromatic N) is 5. The molecule has 2 saturated heterocycles. The van der Waals surface area contributed by atoms with E-state index in [1.165, 1.54) is 0 Å². The van der Waals surface area contributed by atoms with E-state index in [1.54, 1.807) is 4.68 Å². The summed E-state index contributed by atoms with van der Waals surface area (Å²) in [6.07, 6.45) is 0. The van der Waals surface area contributed by atoms with Gasteiger partial charge in [0.05, 0.1) is 31.1 Å². The van der Waals surface area contributed by atoms with Gasteiger partial charge >= 0.3 is 6.03 Å². The summed E-state index contributed by atoms with van der Waals surface area (Å²) in [5, 5.41) is 7.81. The Morgan fingerprint density at radius 2 is 1.61 bits per heavy atom. The van der Waals surface area contributed by atoms with E-state index in [-0.39, 0.29) is 23.9 Å². The molecule has 2 aromatic rings. The zero-order valence-electron chi connectivity index (χ0n) is 19.8. The average Bonchev–Trinajstić information content (AvgIpc) is 3.24. The number of rotatable bonds is 4. The van der Waals surface area contributed by atoms with E-state index in [4.69, 9.17) is 9.84 Å². The van der Waals surface area contributed by atoms with E-state index < -0.39 is 0 Å². The van der Waals surface area contributed by atoms with E-state index in [0.29, 0.717) is 58.3 Å². The van der Waals surface area contributed by atoms with Crippen molar-refractivity contribution in [1.82, 2.24) is 24.5 Å². The number of anilines is 1. The molecule has 0 spiro atoms. The van der Waals surface area contributed by atoms with Crippen molar-refractivity contribution in [3.05, 3.63) is 42.1 Å². The lowest BCUT2D eigenvalue weighted by atomic mass is 9.92. The summed E-state index contributed by atoms with van der Waals surface area (Å²) in [4.78, 5) is 31.4. The van der Waals surface area contributed by atoms with Crippen LogP contribution >= 0.6 is 0 Å². The Balaban J connectivity index is 1.35. The van der Waals surface area contributed by atoms with Gasteiger partial charge < -0.3 is 19.9 Å². The molecule has 3 amide bonds. The Morgan fingerprint density at radius 3 is 2.24 bits per heavy atom. The maximum Gasteiger partial charge on any atom is 0.320 e. The number of aromatic nitrogens is 2. The second kappa shape index (κ2) is 9.93. The van der Waals surface area contributed by atoms with Crippen LogP contribution < -0.4 is 5.32 Å². The zero-order valence-corrected chi connectivity index (χ0v) is 19.8. The number of hydrogen-bond acceptors (Lipinski definition) is 5. The van der Waals surface area contributed by atoms with Crippen molar-refractivity contribution in [2.75, 3.05) is 64.3 Å². The highest BCUT2D eigenvalue weighted by Crippen LogP contribution is 2.26. The molecule has 3 heterocycles. The van der Waals surface area contributed by atoms with Crippen LogP contribution in [0.15, 0.2) is 36.4 Å². The molecule has 9 nitrogen and oxygen atoms in total. The number of para-hydroxylation sites is 1. The van der Waals surface area contributed by atoms with E-state index in [0.717, 1.165) is 11.4 Å². The van der Waals surface area contributed by atoms with Gasteiger partial charge in [0.2, 0.25) is 5.91 Å². The maximum absolute atomic E-state index is 12.9. The Kier molecular flexibility index (Phi) is 6.99. The fourth-order valence-corrected chi connectivity index (χ4v) is 4.04. The Bertz CT molecular complexity index is 954. The Morgan fingerprint density at radius 1 is 0.970 bits per heavy atom. The molecule has 1 aromatic carbocycles. The summed E-state index contributed by atoms with van der Waals surface area (Å²) in [6, 6.07) is 11.8. The van der Waals surface area contributed by atoms with Crippen molar-refractivity contribution in [3.63, 3.8) is 0 Å². The minimum absolute atomic E-state index is 0.0730. The van der Waals surface area contributed by atoms with Crippen LogP contribution in [0, 0.1) is 0 Å². The minimum Gasteiger partial charge on any atom is -0.378 e. The number of piperazine rings is 1. The molecule has 2 fully saturated rings. The summed E-state index contributed by atoms with van der Waals surface area (Å²) in [5.74, 6) is 0.581. The van der Waals surface area contributed by atoms with Gasteiger partial charge in [-0.3, -0.25) is 9.69 Å². The fraction of sp³-hybridized carbons (Fsp3) is 0.542. The largest absolute Gasteiger partial charge is 0.378 e. The number of amides is 3. The lowest BCUT2D eigenvalue weighted by Gasteiger charge is -2.38. The molecule has 0 atom stereocenters. The van der Waals surface area contributed by atoms with Crippen molar-refractivity contribution in [2.45, 2.75) is 26.2 Å². The molecule has 1 aromatic heterocycles. The standard InChI is InChI=1S/C24H34N6O3/c1-24(2,3)20-17-21(30(26-20)19-7-5-4-6-8-19)25-22(31)18-27-9-11-28(12-10-27)23(32)29-13-15-33-16-14-29/h4-8,17H,9-16,18H2,1-3H3,(H,25,31). The molecule has 1 N–H and O–H groups in total. The number of hydrogen-bond donors (Lipinski definition) is 1. The lowest BCUT2D eigenvalue weighted by Crippen LogP contribution is -2.55. The molecule has 9 heteroatoms. The zero-order chi connectivity index (χ0) is 23.4. The number of ether oxygens (including phenoxy) is 1. The van der Waals surface area contributed by atoms with Crippen LogP contribution in [0.1, 0.15) is 26.5 Å². The first kappa shape index (κ1) is 23.3. The first-order chi connectivity index (χ1) is 15.8. The Hall–Kier alpha value is -2.91. The van der Waals surface area contributed by atoms with Crippen LogP contribution in [0.4, 0.5) is 10.6 Å². The van der Waals surface area contributed by atoms with E-state index in [1.807, 2.05) is 46.2 Å². The Labute approximate surface area is 195 Å². The quantitative estimate of drug-likeness (QED) is 0.766. The van der Waals surface area contributed by atoms with Crippen molar-refractivity contribution in [1.29, 1.82) is 0 Å². The van der Waals surface area contributed by atoms with Crippen LogP contribution in [0.25, 0.3) is 5.69 Å². The van der Waals surface area contributed by atoms with Gasteiger partial charge in [-0.15, -0.1) is 0 Å². The van der Waals surface area contributed by atoms with Crippen LogP contribution in [0.2, 0.25) is 0 Å². The first-order valence-corrected chi connectivity index (χ1v) is 11.6. The van der Waals surface area contributed by atoms with Gasteiger partial charge in [0, 0.05) is 50.7 Å². The second-order valence-corrected chi connectivity index (χ2v) is 9.61. The van der Waals surface area contributed by atoms with Crippen molar-refractivity contribution in [3.8, 4) is 5.69 Å². The SMILES string of the molecule is CC(C)(C)c1cc(NC(=O)CN2CCN(C(=O)N3CCOCC3)CC2)n(-c2ccccc2)n1. The average molecular weight is 455 g/mol. The molecule has 0 radical (unpaired) electrons. The molecule has 0 aliphatic carbocycles. The van der Waals surface area contributed by atoms with Crippen LogP contribution in [-0.4, -0.2) is 95.4 Å². The van der Waals surface area contributed by atoms with Gasteiger partial charge in [-0.1, -0.05) is 39.0 Å². The number of urea groups is 1. The number of carbonyl (C=O) groups is 2. The maximum atomic E-state index is 12.9. The monoisotopic (exact) mass is 454 g/mol. The lowest BCUT2D eigenvalue weighted by molar-refractivity contribution is -0.117. The van der Waals surface area contributed by atoms with Gasteiger partial charge in [-0.05, 0) is 12.1 Å². The summed E-state index contributed by atoms with van der Waals surface area (Å²) in [7, 11) is 0. The summed E-state index contributed by atoms with van der Waals surface area (Å²) in [5.41, 5.74) is 1.68. The van der Waals surface area contributed by atoms with Gasteiger partial charge in [0.1, 0.15) is 5.82 Å². The molecular formula is C24H34N6O3. The number of benzene rings is 1. The number of carbonyl (C=O) groups excluding carboxylic acids is 2. The highest BCUT2D eigenvalue weighted by Gasteiger charge is 2.27. The topological polar surface area (TPSA) is 82.9 Å². The summed E-state index contributed by atoms with van der Waals surface area (Å²) in [6.45, 7) is 11.7. The number of nitrogens with one attached hydrogen (secondary N) is 1. The molecule has 4 rings (SSSR count). The highest BCUT2D eigenvalue weighted by atomic mass is 16.5. The van der Waals surface area contributed by atoms with Gasteiger partial charge in [-0.2, -0.15) is 5.10 Å². The molecule has 2 aliphatic rings.